The number of nitrogens with zero attached hydrogens (tertiary/aromatic N) is 2. The predicted octanol–water partition coefficient (Wildman–Crippen LogP) is 7.63. The number of carbonyl (C=O) groups is 3. The lowest BCUT2D eigenvalue weighted by Crippen LogP contribution is -2.52. The van der Waals surface area contributed by atoms with Crippen LogP contribution in [0.25, 0.3) is 0 Å². The maximum Gasteiger partial charge on any atom is 0.387 e. The van der Waals surface area contributed by atoms with Gasteiger partial charge in [-0.25, -0.2) is 18.8 Å². The lowest BCUT2D eigenvalue weighted by molar-refractivity contribution is -0.605. The number of hydrogen-bond acceptors (Lipinski definition) is 11. The van der Waals surface area contributed by atoms with Gasteiger partial charge >= 0.3 is 24.5 Å². The first-order valence-electron chi connectivity index (χ1n) is 19.1. The number of pyridine rings is 1. The van der Waals surface area contributed by atoms with Crippen molar-refractivity contribution in [3.63, 3.8) is 0 Å². The van der Waals surface area contributed by atoms with Crippen molar-refractivity contribution in [3.05, 3.63) is 122 Å². The van der Waals surface area contributed by atoms with E-state index in [-0.39, 0.29) is 69.2 Å². The van der Waals surface area contributed by atoms with Gasteiger partial charge < -0.3 is 34.2 Å². The molecule has 12 nitrogen and oxygen atoms in total. The van der Waals surface area contributed by atoms with Gasteiger partial charge in [0.25, 0.3) is 0 Å². The second-order valence-corrected chi connectivity index (χ2v) is 15.5. The van der Waals surface area contributed by atoms with Crippen LogP contribution in [0.15, 0.2) is 79.1 Å². The zero-order chi connectivity index (χ0) is 41.6. The van der Waals surface area contributed by atoms with Gasteiger partial charge in [-0.3, -0.25) is 4.90 Å². The number of anilines is 1. The second kappa shape index (κ2) is 18.8. The molecule has 4 aliphatic rings. The molecule has 4 heterocycles. The van der Waals surface area contributed by atoms with Gasteiger partial charge in [-0.15, -0.1) is 0 Å². The average Bonchev–Trinajstić information content (AvgIpc) is 4.04. The van der Waals surface area contributed by atoms with Crippen LogP contribution in [0.5, 0.6) is 11.5 Å². The number of alkyl halides is 2. The summed E-state index contributed by atoms with van der Waals surface area (Å²) in [5.41, 5.74) is 1.18. The molecule has 3 aliphatic heterocycles. The quantitative estimate of drug-likeness (QED) is 0.0486. The smallest absolute Gasteiger partial charge is 0.387 e. The number of fused-ring (bicyclic) bond motifs is 3. The fourth-order valence-corrected chi connectivity index (χ4v) is 7.79. The molecule has 1 N–H and O–H groups in total. The molecule has 3 saturated heterocycles. The molecule has 17 heteroatoms. The Labute approximate surface area is 347 Å². The molecular weight excluding hydrogens is 818 g/mol. The number of aromatic nitrogens is 1. The highest BCUT2D eigenvalue weighted by Gasteiger charge is 2.38. The molecule has 1 aromatic heterocycles. The minimum Gasteiger partial charge on any atom is -0.619 e. The van der Waals surface area contributed by atoms with Crippen molar-refractivity contribution in [2.75, 3.05) is 38.2 Å². The van der Waals surface area contributed by atoms with Crippen LogP contribution in [0.4, 0.5) is 18.9 Å². The maximum absolute atomic E-state index is 14.4. The molecule has 59 heavy (non-hydrogen) atoms. The molecule has 4 aromatic rings. The van der Waals surface area contributed by atoms with Crippen molar-refractivity contribution in [2.24, 2.45) is 11.8 Å². The van der Waals surface area contributed by atoms with Crippen LogP contribution >= 0.6 is 23.2 Å². The largest absolute Gasteiger partial charge is 0.619 e. The Balaban J connectivity index is 1.05. The monoisotopic (exact) mass is 857 g/mol. The molecule has 4 fully saturated rings. The molecule has 312 valence electrons. The van der Waals surface area contributed by atoms with Gasteiger partial charge in [0.2, 0.25) is 0 Å². The standard InChI is InChI=1S/C42H40Cl2F3N3O9/c43-32-19-50(54)20-33(44)31(32)18-35(26-9-10-34(59-42(46)47)36(17-26)55-22-24-7-8-24)57-38(51)23-56-40(52)28-4-2-6-30(16-28)48-39(27-3-1-5-29(45)15-27)41(53)58-37-21-49-13-11-25(37)12-14-49/h1-6,9-10,15-17,19-20,24-25,35,37,39,42,48H,7-8,11-14,18,21-23H2/t35?,37-,39?/m0/s1. The molecule has 0 amide bonds. The van der Waals surface area contributed by atoms with Crippen molar-refractivity contribution in [2.45, 2.75) is 57.0 Å². The molecule has 1 aliphatic carbocycles. The normalized spacial score (nSPS) is 19.4. The molecule has 0 radical (unpaired) electrons. The number of benzene rings is 3. The van der Waals surface area contributed by atoms with E-state index in [4.69, 9.17) is 42.1 Å². The number of halogens is 5. The zero-order valence-corrected chi connectivity index (χ0v) is 33.0. The Morgan fingerprint density at radius 1 is 0.915 bits per heavy atom. The summed E-state index contributed by atoms with van der Waals surface area (Å²) in [7, 11) is 0. The molecule has 3 aromatic carbocycles. The lowest BCUT2D eigenvalue weighted by Gasteiger charge is -2.44. The predicted molar refractivity (Wildman–Crippen MR) is 208 cm³/mol. The second-order valence-electron chi connectivity index (χ2n) is 14.7. The molecule has 3 atom stereocenters. The lowest BCUT2D eigenvalue weighted by atomic mass is 9.86. The van der Waals surface area contributed by atoms with Crippen LogP contribution in [0.1, 0.15) is 64.9 Å². The number of esters is 3. The maximum atomic E-state index is 14.4. The van der Waals surface area contributed by atoms with Crippen molar-refractivity contribution in [3.8, 4) is 11.5 Å². The summed E-state index contributed by atoms with van der Waals surface area (Å²) in [5, 5.41) is 15.0. The fourth-order valence-electron chi connectivity index (χ4n) is 7.19. The van der Waals surface area contributed by atoms with E-state index in [1.54, 1.807) is 12.1 Å². The van der Waals surface area contributed by atoms with Crippen LogP contribution in [0, 0.1) is 22.9 Å². The van der Waals surface area contributed by atoms with Crippen molar-refractivity contribution < 1.29 is 56.0 Å². The van der Waals surface area contributed by atoms with Crippen LogP contribution in [0.2, 0.25) is 10.0 Å². The summed E-state index contributed by atoms with van der Waals surface area (Å²) in [5.74, 6) is -2.75. The van der Waals surface area contributed by atoms with E-state index in [9.17, 15) is 32.8 Å². The Kier molecular flexibility index (Phi) is 13.3. The molecule has 2 unspecified atom stereocenters. The highest BCUT2D eigenvalue weighted by molar-refractivity contribution is 6.35. The number of piperidine rings is 3. The number of nitrogens with one attached hydrogen (secondary N) is 1. The highest BCUT2D eigenvalue weighted by Crippen LogP contribution is 2.38. The van der Waals surface area contributed by atoms with E-state index < -0.39 is 49.1 Å². The van der Waals surface area contributed by atoms with Crippen molar-refractivity contribution in [1.82, 2.24) is 4.90 Å². The van der Waals surface area contributed by atoms with E-state index in [0.717, 1.165) is 51.2 Å². The summed E-state index contributed by atoms with van der Waals surface area (Å²) in [4.78, 5) is 42.5. The minimum absolute atomic E-state index is 0.00906. The first-order valence-corrected chi connectivity index (χ1v) is 19.8. The minimum atomic E-state index is -3.13. The van der Waals surface area contributed by atoms with E-state index in [0.29, 0.717) is 22.5 Å². The molecular formula is C42H40Cl2F3N3O9. The van der Waals surface area contributed by atoms with Crippen LogP contribution < -0.4 is 19.5 Å². The Hall–Kier alpha value is -5.25. The Bertz CT molecular complexity index is 2150. The third-order valence-corrected chi connectivity index (χ3v) is 11.1. The number of rotatable bonds is 17. The highest BCUT2D eigenvalue weighted by atomic mass is 35.5. The summed E-state index contributed by atoms with van der Waals surface area (Å²) in [6.45, 7) is -1.18. The third kappa shape index (κ3) is 11.1. The SMILES string of the molecule is O=C(COC(=O)c1cccc(NC(C(=O)O[C@H]2CN3CCC2CC3)c2cccc(F)c2)c1)OC(Cc1c(Cl)c[n+]([O-])cc1Cl)c1ccc(OC(F)F)c(OCC2CC2)c1. The third-order valence-electron chi connectivity index (χ3n) is 10.5. The molecule has 0 spiro atoms. The van der Waals surface area contributed by atoms with Gasteiger partial charge in [0.15, 0.2) is 36.5 Å². The Morgan fingerprint density at radius 3 is 2.34 bits per heavy atom. The summed E-state index contributed by atoms with van der Waals surface area (Å²) in [6, 6.07) is 14.5. The fraction of sp³-hybridized carbons (Fsp3) is 0.381. The van der Waals surface area contributed by atoms with Gasteiger partial charge in [0, 0.05) is 24.2 Å². The van der Waals surface area contributed by atoms with Gasteiger partial charge in [0.05, 0.1) is 12.2 Å². The topological polar surface area (TPSA) is 140 Å². The van der Waals surface area contributed by atoms with E-state index >= 15 is 0 Å². The molecule has 2 bridgehead atoms. The van der Waals surface area contributed by atoms with Crippen LogP contribution in [-0.2, 0) is 30.2 Å². The van der Waals surface area contributed by atoms with Crippen LogP contribution in [-0.4, -0.2) is 68.4 Å². The van der Waals surface area contributed by atoms with Crippen molar-refractivity contribution >= 4 is 46.8 Å². The zero-order valence-electron chi connectivity index (χ0n) is 31.5. The molecule has 1 saturated carbocycles. The van der Waals surface area contributed by atoms with Gasteiger partial charge in [-0.1, -0.05) is 47.5 Å². The van der Waals surface area contributed by atoms with Crippen LogP contribution in [0.3, 0.4) is 0 Å². The Morgan fingerprint density at radius 2 is 1.66 bits per heavy atom. The van der Waals surface area contributed by atoms with Gasteiger partial charge in [0.1, 0.15) is 28.1 Å². The van der Waals surface area contributed by atoms with E-state index in [1.165, 1.54) is 54.6 Å². The first kappa shape index (κ1) is 41.9. The first-order chi connectivity index (χ1) is 28.4. The van der Waals surface area contributed by atoms with E-state index in [1.807, 2.05) is 0 Å². The summed E-state index contributed by atoms with van der Waals surface area (Å²) in [6.07, 6.45) is 4.20. The van der Waals surface area contributed by atoms with Gasteiger partial charge in [-0.05, 0) is 104 Å². The number of ether oxygens (including phenoxy) is 5. The summed E-state index contributed by atoms with van der Waals surface area (Å²) >= 11 is 12.7. The number of hydrogen-bond donors (Lipinski definition) is 1. The molecule has 8 rings (SSSR count). The van der Waals surface area contributed by atoms with E-state index in [2.05, 4.69) is 15.0 Å². The number of carbonyl (C=O) groups excluding carboxylic acids is 3. The summed E-state index contributed by atoms with van der Waals surface area (Å²) < 4.78 is 68.8. The van der Waals surface area contributed by atoms with Gasteiger partial charge in [-0.2, -0.15) is 13.5 Å². The van der Waals surface area contributed by atoms with Crippen molar-refractivity contribution in [1.29, 1.82) is 0 Å². The average molecular weight is 859 g/mol.